The van der Waals surface area contributed by atoms with Crippen LogP contribution in [0.1, 0.15) is 29.5 Å². The summed E-state index contributed by atoms with van der Waals surface area (Å²) < 4.78 is 13.7. The predicted octanol–water partition coefficient (Wildman–Crippen LogP) is 6.61. The molecule has 0 saturated heterocycles. The highest BCUT2D eigenvalue weighted by Gasteiger charge is 2.40. The third-order valence-corrected chi connectivity index (χ3v) is 5.79. The van der Waals surface area contributed by atoms with Gasteiger partial charge in [-0.2, -0.15) is 0 Å². The molecule has 1 aliphatic carbocycles. The maximum atomic E-state index is 13.7. The van der Waals surface area contributed by atoms with Crippen LogP contribution in [0.3, 0.4) is 0 Å². The van der Waals surface area contributed by atoms with Crippen molar-refractivity contribution in [2.75, 3.05) is 5.32 Å². The number of allylic oxidation sites excluding steroid dienone is 2. The van der Waals surface area contributed by atoms with Crippen molar-refractivity contribution in [2.24, 2.45) is 5.92 Å². The second kappa shape index (κ2) is 5.70. The minimum absolute atomic E-state index is 0.0204. The van der Waals surface area contributed by atoms with Crippen LogP contribution in [0, 0.1) is 11.7 Å². The smallest absolute Gasteiger partial charge is 0.123 e. The molecule has 0 fully saturated rings. The molecule has 1 nitrogen and oxygen atoms in total. The fraction of sp³-hybridized carbons (Fsp3) is 0.222. The van der Waals surface area contributed by atoms with Crippen LogP contribution in [-0.2, 0) is 0 Å². The van der Waals surface area contributed by atoms with Crippen LogP contribution in [0.25, 0.3) is 0 Å². The van der Waals surface area contributed by atoms with Crippen molar-refractivity contribution in [3.8, 4) is 0 Å². The summed E-state index contributed by atoms with van der Waals surface area (Å²) in [5.74, 6) is 0.150. The van der Waals surface area contributed by atoms with E-state index in [2.05, 4.69) is 17.5 Å². The zero-order chi connectivity index (χ0) is 16.1. The first-order valence-corrected chi connectivity index (χ1v) is 8.55. The van der Waals surface area contributed by atoms with E-state index in [4.69, 9.17) is 34.8 Å². The van der Waals surface area contributed by atoms with E-state index in [1.807, 2.05) is 6.07 Å². The Morgan fingerprint density at radius 1 is 1.09 bits per heavy atom. The Morgan fingerprint density at radius 3 is 2.70 bits per heavy atom. The van der Waals surface area contributed by atoms with Crippen molar-refractivity contribution in [1.29, 1.82) is 0 Å². The number of hydrogen-bond acceptors (Lipinski definition) is 1. The van der Waals surface area contributed by atoms with Crippen molar-refractivity contribution in [2.45, 2.75) is 18.4 Å². The average molecular weight is 369 g/mol. The molecule has 1 N–H and O–H groups in total. The van der Waals surface area contributed by atoms with Gasteiger partial charge in [-0.3, -0.25) is 0 Å². The molecule has 0 bridgehead atoms. The highest BCUT2D eigenvalue weighted by atomic mass is 35.5. The highest BCUT2D eigenvalue weighted by Crippen LogP contribution is 2.54. The topological polar surface area (TPSA) is 12.0 Å². The van der Waals surface area contributed by atoms with Crippen LogP contribution in [0.5, 0.6) is 0 Å². The van der Waals surface area contributed by atoms with Gasteiger partial charge >= 0.3 is 0 Å². The lowest BCUT2D eigenvalue weighted by Gasteiger charge is -2.38. The molecule has 0 aromatic heterocycles. The van der Waals surface area contributed by atoms with Gasteiger partial charge in [-0.05, 0) is 36.1 Å². The Labute approximate surface area is 149 Å². The largest absolute Gasteiger partial charge is 0.376 e. The normalized spacial score (nSPS) is 25.0. The lowest BCUT2D eigenvalue weighted by atomic mass is 9.77. The van der Waals surface area contributed by atoms with E-state index in [-0.39, 0.29) is 23.7 Å². The monoisotopic (exact) mass is 367 g/mol. The van der Waals surface area contributed by atoms with Gasteiger partial charge in [0.1, 0.15) is 5.82 Å². The van der Waals surface area contributed by atoms with E-state index in [1.54, 1.807) is 18.2 Å². The first-order valence-electron chi connectivity index (χ1n) is 7.42. The van der Waals surface area contributed by atoms with Crippen molar-refractivity contribution in [3.05, 3.63) is 74.5 Å². The maximum Gasteiger partial charge on any atom is 0.123 e. The second-order valence-electron chi connectivity index (χ2n) is 5.97. The fourth-order valence-corrected chi connectivity index (χ4v) is 4.50. The van der Waals surface area contributed by atoms with Crippen LogP contribution in [0.2, 0.25) is 15.1 Å². The molecule has 0 saturated carbocycles. The maximum absolute atomic E-state index is 13.7. The predicted molar refractivity (Wildman–Crippen MR) is 94.2 cm³/mol. The van der Waals surface area contributed by atoms with E-state index in [9.17, 15) is 4.39 Å². The number of rotatable bonds is 1. The average Bonchev–Trinajstić information content (AvgIpc) is 3.00. The molecule has 0 spiro atoms. The number of hydrogen-bond donors (Lipinski definition) is 1. The van der Waals surface area contributed by atoms with Crippen LogP contribution in [-0.4, -0.2) is 0 Å². The summed E-state index contributed by atoms with van der Waals surface area (Å²) in [7, 11) is 0. The van der Waals surface area contributed by atoms with Crippen LogP contribution in [0.4, 0.5) is 10.1 Å². The summed E-state index contributed by atoms with van der Waals surface area (Å²) in [4.78, 5) is 0. The number of halogens is 4. The first kappa shape index (κ1) is 15.3. The lowest BCUT2D eigenvalue weighted by molar-refractivity contribution is 0.424. The molecular weight excluding hydrogens is 356 g/mol. The van der Waals surface area contributed by atoms with Crippen molar-refractivity contribution in [3.63, 3.8) is 0 Å². The van der Waals surface area contributed by atoms with Gasteiger partial charge in [-0.25, -0.2) is 4.39 Å². The van der Waals surface area contributed by atoms with Gasteiger partial charge in [0.05, 0.1) is 26.8 Å². The van der Waals surface area contributed by atoms with Crippen LogP contribution >= 0.6 is 34.8 Å². The quantitative estimate of drug-likeness (QED) is 0.441. The lowest BCUT2D eigenvalue weighted by Crippen LogP contribution is -2.29. The number of anilines is 1. The third kappa shape index (κ3) is 2.44. The van der Waals surface area contributed by atoms with Crippen molar-refractivity contribution in [1.82, 2.24) is 0 Å². The summed E-state index contributed by atoms with van der Waals surface area (Å²) in [5.41, 5.74) is 2.65. The molecule has 4 rings (SSSR count). The highest BCUT2D eigenvalue weighted by molar-refractivity contribution is 6.44. The SMILES string of the molecule is Fc1cccc([C@@H]2Nc3c(Cl)cc(Cl)c(Cl)c3[C@H]3C=CC[C@@H]32)c1. The Kier molecular flexibility index (Phi) is 3.79. The Morgan fingerprint density at radius 2 is 1.91 bits per heavy atom. The minimum Gasteiger partial charge on any atom is -0.376 e. The van der Waals surface area contributed by atoms with Crippen LogP contribution < -0.4 is 5.32 Å². The van der Waals surface area contributed by atoms with Crippen molar-refractivity contribution >= 4 is 40.5 Å². The minimum atomic E-state index is -0.238. The van der Waals surface area contributed by atoms with E-state index >= 15 is 0 Å². The van der Waals surface area contributed by atoms with Gasteiger partial charge < -0.3 is 5.32 Å². The summed E-state index contributed by atoms with van der Waals surface area (Å²) >= 11 is 19.0. The summed E-state index contributed by atoms with van der Waals surface area (Å²) in [5, 5.41) is 5.00. The summed E-state index contributed by atoms with van der Waals surface area (Å²) in [6, 6.07) is 8.33. The summed E-state index contributed by atoms with van der Waals surface area (Å²) in [6.45, 7) is 0. The molecule has 118 valence electrons. The van der Waals surface area contributed by atoms with E-state index in [1.165, 1.54) is 6.07 Å². The molecule has 3 atom stereocenters. The summed E-state index contributed by atoms with van der Waals surface area (Å²) in [6.07, 6.45) is 5.19. The molecule has 0 radical (unpaired) electrons. The van der Waals surface area contributed by atoms with E-state index in [0.29, 0.717) is 15.1 Å². The number of benzene rings is 2. The number of nitrogens with one attached hydrogen (secondary N) is 1. The van der Waals surface area contributed by atoms with Gasteiger partial charge in [-0.1, -0.05) is 59.1 Å². The van der Waals surface area contributed by atoms with Gasteiger partial charge in [0.25, 0.3) is 0 Å². The Hall–Kier alpha value is -1.22. The molecule has 0 unspecified atom stereocenters. The van der Waals surface area contributed by atoms with E-state index < -0.39 is 0 Å². The Bertz CT molecular complexity index is 818. The zero-order valence-corrected chi connectivity index (χ0v) is 14.3. The molecule has 2 aromatic rings. The Balaban J connectivity index is 1.88. The molecule has 2 aliphatic rings. The van der Waals surface area contributed by atoms with Crippen molar-refractivity contribution < 1.29 is 4.39 Å². The van der Waals surface area contributed by atoms with Gasteiger partial charge in [-0.15, -0.1) is 0 Å². The second-order valence-corrected chi connectivity index (χ2v) is 7.17. The van der Waals surface area contributed by atoms with Gasteiger partial charge in [0.2, 0.25) is 0 Å². The zero-order valence-electron chi connectivity index (χ0n) is 12.0. The molecule has 5 heteroatoms. The first-order chi connectivity index (χ1) is 11.1. The molecule has 1 aliphatic heterocycles. The molecule has 1 heterocycles. The molecule has 2 aromatic carbocycles. The molecule has 23 heavy (non-hydrogen) atoms. The number of fused-ring (bicyclic) bond motifs is 3. The van der Waals surface area contributed by atoms with Crippen LogP contribution in [0.15, 0.2) is 42.5 Å². The van der Waals surface area contributed by atoms with E-state index in [0.717, 1.165) is 23.2 Å². The standard InChI is InChI=1S/C18H13Cl3FN/c19-13-8-14(20)18-15(16(13)21)11-5-2-6-12(11)17(23-18)9-3-1-4-10(22)7-9/h1-5,7-8,11-12,17,23H,6H2/t11-,12-,17-/m0/s1. The van der Waals surface area contributed by atoms with Gasteiger partial charge in [0, 0.05) is 11.5 Å². The molecular formula is C18H13Cl3FN. The third-order valence-electron chi connectivity index (χ3n) is 4.69. The molecule has 0 amide bonds. The van der Waals surface area contributed by atoms with Gasteiger partial charge in [0.15, 0.2) is 0 Å². The fourth-order valence-electron chi connectivity index (χ4n) is 3.69.